The lowest BCUT2D eigenvalue weighted by atomic mass is 10.0. The van der Waals surface area contributed by atoms with Gasteiger partial charge in [0.15, 0.2) is 0 Å². The smallest absolute Gasteiger partial charge is 0.305 e. The molecule has 0 saturated carbocycles. The number of nitrogens with one attached hydrogen (secondary N) is 2. The summed E-state index contributed by atoms with van der Waals surface area (Å²) < 4.78 is 0. The molecule has 3 amide bonds. The average Bonchev–Trinajstić information content (AvgIpc) is 2.86. The molecule has 10 heteroatoms. The fourth-order valence-electron chi connectivity index (χ4n) is 3.40. The van der Waals surface area contributed by atoms with Crippen molar-refractivity contribution < 1.29 is 33.9 Å². The van der Waals surface area contributed by atoms with E-state index in [9.17, 15) is 28.8 Å². The Labute approximate surface area is 208 Å². The Morgan fingerprint density at radius 2 is 1.50 bits per heavy atom. The summed E-state index contributed by atoms with van der Waals surface area (Å²) in [5.41, 5.74) is 0.870. The Bertz CT molecular complexity index is 1090. The highest BCUT2D eigenvalue weighted by Gasteiger charge is 2.32. The lowest BCUT2D eigenvalue weighted by Gasteiger charge is -2.29. The van der Waals surface area contributed by atoms with Gasteiger partial charge in [0.25, 0.3) is 5.91 Å². The van der Waals surface area contributed by atoms with Crippen LogP contribution in [0.5, 0.6) is 0 Å². The van der Waals surface area contributed by atoms with Crippen molar-refractivity contribution in [3.63, 3.8) is 0 Å². The molecule has 0 aliphatic carbocycles. The molecule has 0 saturated heterocycles. The molecule has 10 nitrogen and oxygen atoms in total. The van der Waals surface area contributed by atoms with E-state index < -0.39 is 60.4 Å². The van der Waals surface area contributed by atoms with Gasteiger partial charge in [0.2, 0.25) is 17.6 Å². The number of amides is 3. The Morgan fingerprint density at radius 3 is 2.03 bits per heavy atom. The van der Waals surface area contributed by atoms with E-state index in [-0.39, 0.29) is 12.1 Å². The van der Waals surface area contributed by atoms with Gasteiger partial charge in [0.1, 0.15) is 12.3 Å². The first-order chi connectivity index (χ1) is 17.1. The second-order valence-corrected chi connectivity index (χ2v) is 8.48. The number of hydrogen-bond acceptors (Lipinski definition) is 6. The predicted octanol–water partition coefficient (Wildman–Crippen LogP) is 1.20. The molecule has 0 aromatic heterocycles. The lowest BCUT2D eigenvalue weighted by molar-refractivity contribution is -0.142. The number of carboxylic acid groups (broad SMARTS) is 1. The van der Waals surface area contributed by atoms with Crippen LogP contribution in [0.2, 0.25) is 0 Å². The Hall–Kier alpha value is -4.34. The molecule has 0 fully saturated rings. The number of carbonyl (C=O) groups excluding carboxylic acids is 5. The van der Waals surface area contributed by atoms with Crippen LogP contribution in [0.15, 0.2) is 60.7 Å². The molecule has 0 bridgehead atoms. The molecule has 3 N–H and O–H groups in total. The van der Waals surface area contributed by atoms with E-state index in [1.807, 2.05) is 0 Å². The molecule has 0 heterocycles. The molecule has 0 aliphatic rings. The SMILES string of the molecule is CC(C)C(NC(=O)C(=O)c1ccccc1)C(=O)N(CC(=O)N[C@H](C=O)CC(=O)O)Cc1ccccc1. The summed E-state index contributed by atoms with van der Waals surface area (Å²) in [6, 6.07) is 14.3. The summed E-state index contributed by atoms with van der Waals surface area (Å²) in [5, 5.41) is 13.7. The van der Waals surface area contributed by atoms with Crippen LogP contribution in [0.1, 0.15) is 36.2 Å². The monoisotopic (exact) mass is 495 g/mol. The third kappa shape index (κ3) is 8.46. The van der Waals surface area contributed by atoms with Crippen molar-refractivity contribution in [2.24, 2.45) is 5.92 Å². The van der Waals surface area contributed by atoms with Gasteiger partial charge in [-0.15, -0.1) is 0 Å². The summed E-state index contributed by atoms with van der Waals surface area (Å²) in [4.78, 5) is 74.5. The quantitative estimate of drug-likeness (QED) is 0.215. The number of Topliss-reactive ketones (excluding diaryl/α,β-unsaturated/α-hetero) is 1. The Balaban J connectivity index is 2.24. The van der Waals surface area contributed by atoms with Gasteiger partial charge in [-0.2, -0.15) is 0 Å². The van der Waals surface area contributed by atoms with Gasteiger partial charge >= 0.3 is 5.97 Å². The molecule has 1 unspecified atom stereocenters. The van der Waals surface area contributed by atoms with Crippen LogP contribution >= 0.6 is 0 Å². The summed E-state index contributed by atoms with van der Waals surface area (Å²) >= 11 is 0. The summed E-state index contributed by atoms with van der Waals surface area (Å²) in [5.74, 6) is -4.81. The molecule has 0 spiro atoms. The van der Waals surface area contributed by atoms with Gasteiger partial charge < -0.3 is 25.4 Å². The number of carboxylic acids is 1. The molecular formula is C26H29N3O7. The van der Waals surface area contributed by atoms with Crippen molar-refractivity contribution in [1.29, 1.82) is 0 Å². The average molecular weight is 496 g/mol. The Kier molecular flexibility index (Phi) is 10.5. The zero-order valence-corrected chi connectivity index (χ0v) is 20.0. The predicted molar refractivity (Wildman–Crippen MR) is 130 cm³/mol. The zero-order valence-electron chi connectivity index (χ0n) is 20.0. The number of ketones is 1. The number of carbonyl (C=O) groups is 6. The minimum absolute atomic E-state index is 0.00347. The van der Waals surface area contributed by atoms with Crippen LogP contribution in [-0.4, -0.2) is 64.4 Å². The summed E-state index contributed by atoms with van der Waals surface area (Å²) in [7, 11) is 0. The van der Waals surface area contributed by atoms with E-state index in [1.165, 1.54) is 17.0 Å². The minimum atomic E-state index is -1.27. The fraction of sp³-hybridized carbons (Fsp3) is 0.308. The van der Waals surface area contributed by atoms with E-state index >= 15 is 0 Å². The van der Waals surface area contributed by atoms with Gasteiger partial charge in [0.05, 0.1) is 19.0 Å². The second-order valence-electron chi connectivity index (χ2n) is 8.48. The molecule has 2 aromatic carbocycles. The second kappa shape index (κ2) is 13.5. The highest BCUT2D eigenvalue weighted by Crippen LogP contribution is 2.12. The lowest BCUT2D eigenvalue weighted by Crippen LogP contribution is -2.54. The van der Waals surface area contributed by atoms with E-state index in [2.05, 4.69) is 10.6 Å². The maximum atomic E-state index is 13.5. The van der Waals surface area contributed by atoms with E-state index in [1.54, 1.807) is 62.4 Å². The zero-order chi connectivity index (χ0) is 26.7. The van der Waals surface area contributed by atoms with E-state index in [4.69, 9.17) is 5.11 Å². The van der Waals surface area contributed by atoms with Gasteiger partial charge in [-0.05, 0) is 11.5 Å². The summed E-state index contributed by atoms with van der Waals surface area (Å²) in [6.07, 6.45) is -0.296. The molecule has 36 heavy (non-hydrogen) atoms. The standard InChI is InChI=1S/C26H29N3O7/c1-17(2)23(28-25(35)24(34)19-11-7-4-8-12-19)26(36)29(14-18-9-5-3-6-10-18)15-21(31)27-20(16-30)13-22(32)33/h3-12,16-17,20,23H,13-15H2,1-2H3,(H,27,31)(H,28,35)(H,32,33)/t20-,23?/m0/s1. The fourth-order valence-corrected chi connectivity index (χ4v) is 3.40. The van der Waals surface area contributed by atoms with Gasteiger partial charge in [-0.1, -0.05) is 74.5 Å². The number of hydrogen-bond donors (Lipinski definition) is 3. The van der Waals surface area contributed by atoms with E-state index in [0.29, 0.717) is 11.8 Å². The van der Waals surface area contributed by atoms with Crippen molar-refractivity contribution in [3.8, 4) is 0 Å². The first-order valence-electron chi connectivity index (χ1n) is 11.3. The first kappa shape index (κ1) is 27.9. The Morgan fingerprint density at radius 1 is 0.917 bits per heavy atom. The first-order valence-corrected chi connectivity index (χ1v) is 11.3. The maximum absolute atomic E-state index is 13.5. The number of nitrogens with zero attached hydrogens (tertiary/aromatic N) is 1. The van der Waals surface area contributed by atoms with Crippen LogP contribution in [0.3, 0.4) is 0 Å². The topological polar surface area (TPSA) is 150 Å². The van der Waals surface area contributed by atoms with Gasteiger partial charge in [0, 0.05) is 12.1 Å². The number of benzene rings is 2. The number of aldehydes is 1. The van der Waals surface area contributed by atoms with E-state index in [0.717, 1.165) is 0 Å². The molecule has 190 valence electrons. The van der Waals surface area contributed by atoms with Crippen molar-refractivity contribution in [3.05, 3.63) is 71.8 Å². The molecule has 2 aromatic rings. The molecule has 0 aliphatic heterocycles. The summed E-state index contributed by atoms with van der Waals surface area (Å²) in [6.45, 7) is 2.88. The van der Waals surface area contributed by atoms with Crippen molar-refractivity contribution in [2.45, 2.75) is 38.9 Å². The normalized spacial score (nSPS) is 12.2. The van der Waals surface area contributed by atoms with Crippen LogP contribution in [0.4, 0.5) is 0 Å². The van der Waals surface area contributed by atoms with Gasteiger partial charge in [-0.25, -0.2) is 0 Å². The molecular weight excluding hydrogens is 466 g/mol. The van der Waals surface area contributed by atoms with Gasteiger partial charge in [-0.3, -0.25) is 24.0 Å². The highest BCUT2D eigenvalue weighted by molar-refractivity contribution is 6.43. The highest BCUT2D eigenvalue weighted by atomic mass is 16.4. The number of aliphatic carboxylic acids is 1. The van der Waals surface area contributed by atoms with Crippen LogP contribution in [0, 0.1) is 5.92 Å². The third-order valence-electron chi connectivity index (χ3n) is 5.23. The van der Waals surface area contributed by atoms with Crippen molar-refractivity contribution >= 4 is 35.8 Å². The van der Waals surface area contributed by atoms with Crippen molar-refractivity contribution in [2.75, 3.05) is 6.54 Å². The van der Waals surface area contributed by atoms with Crippen molar-refractivity contribution in [1.82, 2.24) is 15.5 Å². The van der Waals surface area contributed by atoms with Crippen LogP contribution < -0.4 is 10.6 Å². The molecule has 2 atom stereocenters. The number of rotatable bonds is 13. The maximum Gasteiger partial charge on any atom is 0.305 e. The molecule has 0 radical (unpaired) electrons. The van der Waals surface area contributed by atoms with Crippen LogP contribution in [0.25, 0.3) is 0 Å². The largest absolute Gasteiger partial charge is 0.481 e. The third-order valence-corrected chi connectivity index (χ3v) is 5.23. The van der Waals surface area contributed by atoms with Crippen LogP contribution in [-0.2, 0) is 30.5 Å². The minimum Gasteiger partial charge on any atom is -0.481 e. The molecule has 2 rings (SSSR count).